The number of carbonyl (C=O) groups is 1. The normalized spacial score (nSPS) is 28.5. The van der Waals surface area contributed by atoms with Gasteiger partial charge in [0.05, 0.1) is 13.2 Å². The fraction of sp³-hybridized carbons (Fsp3) is 0.889. The van der Waals surface area contributed by atoms with Gasteiger partial charge in [-0.05, 0) is 24.5 Å². The lowest BCUT2D eigenvalue weighted by Crippen LogP contribution is -2.28. The smallest absolute Gasteiger partial charge is 0.305 e. The van der Waals surface area contributed by atoms with Crippen molar-refractivity contribution in [3.63, 3.8) is 0 Å². The standard InChI is InChI=1S/C9H16O3S/c1-12-9(11)3-2-7-4-5-13-6-8(7)10/h7-8,10H,2-6H2,1H3. The van der Waals surface area contributed by atoms with Crippen molar-refractivity contribution in [3.05, 3.63) is 0 Å². The summed E-state index contributed by atoms with van der Waals surface area (Å²) in [6.45, 7) is 0. The Hall–Kier alpha value is -0.220. The fourth-order valence-electron chi connectivity index (χ4n) is 1.51. The minimum atomic E-state index is -0.233. The number of esters is 1. The highest BCUT2D eigenvalue weighted by atomic mass is 32.2. The average molecular weight is 204 g/mol. The van der Waals surface area contributed by atoms with E-state index in [4.69, 9.17) is 0 Å². The lowest BCUT2D eigenvalue weighted by Gasteiger charge is -2.26. The molecule has 0 aromatic rings. The monoisotopic (exact) mass is 204 g/mol. The molecule has 2 unspecified atom stereocenters. The first-order valence-corrected chi connectivity index (χ1v) is 5.72. The molecular formula is C9H16O3S. The third-order valence-corrected chi connectivity index (χ3v) is 3.51. The van der Waals surface area contributed by atoms with E-state index in [0.29, 0.717) is 12.3 Å². The van der Waals surface area contributed by atoms with Crippen LogP contribution >= 0.6 is 11.8 Å². The molecule has 1 heterocycles. The quantitative estimate of drug-likeness (QED) is 0.698. The third kappa shape index (κ3) is 3.56. The number of ether oxygens (including phenoxy) is 1. The van der Waals surface area contributed by atoms with Crippen LogP contribution in [0.25, 0.3) is 0 Å². The number of aliphatic hydroxyl groups excluding tert-OH is 1. The number of hydrogen-bond acceptors (Lipinski definition) is 4. The Balaban J connectivity index is 2.22. The molecule has 3 nitrogen and oxygen atoms in total. The van der Waals surface area contributed by atoms with Gasteiger partial charge in [-0.2, -0.15) is 11.8 Å². The molecule has 2 atom stereocenters. The molecule has 0 saturated carbocycles. The van der Waals surface area contributed by atoms with E-state index in [1.807, 2.05) is 0 Å². The van der Waals surface area contributed by atoms with Crippen LogP contribution < -0.4 is 0 Å². The number of methoxy groups -OCH3 is 1. The molecule has 1 saturated heterocycles. The van der Waals surface area contributed by atoms with Crippen LogP contribution in [0.15, 0.2) is 0 Å². The molecule has 0 radical (unpaired) electrons. The van der Waals surface area contributed by atoms with Crippen molar-refractivity contribution < 1.29 is 14.6 Å². The van der Waals surface area contributed by atoms with Crippen molar-refractivity contribution in [3.8, 4) is 0 Å². The number of rotatable bonds is 3. The molecule has 0 spiro atoms. The minimum absolute atomic E-state index is 0.176. The van der Waals surface area contributed by atoms with E-state index in [2.05, 4.69) is 4.74 Å². The summed E-state index contributed by atoms with van der Waals surface area (Å²) < 4.78 is 4.55. The Kier molecular flexibility index (Phi) is 4.59. The van der Waals surface area contributed by atoms with Gasteiger partial charge in [0, 0.05) is 12.2 Å². The first kappa shape index (κ1) is 10.9. The second-order valence-electron chi connectivity index (χ2n) is 3.31. The lowest BCUT2D eigenvalue weighted by atomic mass is 9.94. The van der Waals surface area contributed by atoms with E-state index >= 15 is 0 Å². The van der Waals surface area contributed by atoms with Crippen molar-refractivity contribution in [2.75, 3.05) is 18.6 Å². The predicted octanol–water partition coefficient (Wildman–Crippen LogP) is 1.05. The molecule has 1 fully saturated rings. The summed E-state index contributed by atoms with van der Waals surface area (Å²) >= 11 is 1.78. The van der Waals surface area contributed by atoms with Crippen LogP contribution in [0, 0.1) is 5.92 Å². The molecular weight excluding hydrogens is 188 g/mol. The van der Waals surface area contributed by atoms with Crippen molar-refractivity contribution in [2.45, 2.75) is 25.4 Å². The Morgan fingerprint density at radius 1 is 1.69 bits per heavy atom. The van der Waals surface area contributed by atoms with E-state index in [0.717, 1.165) is 24.3 Å². The van der Waals surface area contributed by atoms with Crippen LogP contribution in [0.3, 0.4) is 0 Å². The number of carbonyl (C=O) groups excluding carboxylic acids is 1. The summed E-state index contributed by atoms with van der Waals surface area (Å²) in [5.74, 6) is 2.03. The fourth-order valence-corrected chi connectivity index (χ4v) is 2.66. The molecule has 0 aromatic heterocycles. The summed E-state index contributed by atoms with van der Waals surface area (Å²) in [6.07, 6.45) is 1.98. The lowest BCUT2D eigenvalue weighted by molar-refractivity contribution is -0.141. The Bertz CT molecular complexity index is 172. The van der Waals surface area contributed by atoms with E-state index in [1.165, 1.54) is 7.11 Å². The minimum Gasteiger partial charge on any atom is -0.469 e. The molecule has 0 bridgehead atoms. The first-order valence-electron chi connectivity index (χ1n) is 4.56. The molecule has 4 heteroatoms. The van der Waals surface area contributed by atoms with Gasteiger partial charge in [0.2, 0.25) is 0 Å². The number of thioether (sulfide) groups is 1. The molecule has 13 heavy (non-hydrogen) atoms. The Labute approximate surface area is 82.8 Å². The van der Waals surface area contributed by atoms with Gasteiger partial charge >= 0.3 is 5.97 Å². The molecule has 0 aliphatic carbocycles. The zero-order chi connectivity index (χ0) is 9.68. The molecule has 1 N–H and O–H groups in total. The van der Waals surface area contributed by atoms with Crippen LogP contribution in [-0.4, -0.2) is 35.8 Å². The van der Waals surface area contributed by atoms with Gasteiger partial charge < -0.3 is 9.84 Å². The zero-order valence-corrected chi connectivity index (χ0v) is 8.68. The highest BCUT2D eigenvalue weighted by Crippen LogP contribution is 2.26. The van der Waals surface area contributed by atoms with E-state index < -0.39 is 0 Å². The van der Waals surface area contributed by atoms with Crippen LogP contribution in [0.4, 0.5) is 0 Å². The van der Waals surface area contributed by atoms with Crippen molar-refractivity contribution in [2.24, 2.45) is 5.92 Å². The number of hydrogen-bond donors (Lipinski definition) is 1. The van der Waals surface area contributed by atoms with Gasteiger partial charge in [-0.25, -0.2) is 0 Å². The molecule has 1 aliphatic rings. The topological polar surface area (TPSA) is 46.5 Å². The highest BCUT2D eigenvalue weighted by Gasteiger charge is 2.23. The predicted molar refractivity (Wildman–Crippen MR) is 52.7 cm³/mol. The van der Waals surface area contributed by atoms with Gasteiger partial charge in [-0.3, -0.25) is 4.79 Å². The number of aliphatic hydroxyl groups is 1. The van der Waals surface area contributed by atoms with Crippen molar-refractivity contribution >= 4 is 17.7 Å². The van der Waals surface area contributed by atoms with Crippen molar-refractivity contribution in [1.82, 2.24) is 0 Å². The second kappa shape index (κ2) is 5.50. The van der Waals surface area contributed by atoms with Gasteiger partial charge in [0.1, 0.15) is 0 Å². The molecule has 0 amide bonds. The first-order chi connectivity index (χ1) is 6.24. The summed E-state index contributed by atoms with van der Waals surface area (Å²) in [5, 5.41) is 9.58. The molecule has 76 valence electrons. The van der Waals surface area contributed by atoms with Crippen LogP contribution in [0.1, 0.15) is 19.3 Å². The molecule has 1 rings (SSSR count). The van der Waals surface area contributed by atoms with Gasteiger partial charge in [0.25, 0.3) is 0 Å². The second-order valence-corrected chi connectivity index (χ2v) is 4.46. The van der Waals surface area contributed by atoms with E-state index in [-0.39, 0.29) is 12.1 Å². The Morgan fingerprint density at radius 3 is 3.08 bits per heavy atom. The molecule has 1 aliphatic heterocycles. The maximum absolute atomic E-state index is 10.9. The summed E-state index contributed by atoms with van der Waals surface area (Å²) in [4.78, 5) is 10.9. The SMILES string of the molecule is COC(=O)CCC1CCSCC1O. The van der Waals surface area contributed by atoms with Gasteiger partial charge in [0.15, 0.2) is 0 Å². The Morgan fingerprint density at radius 2 is 2.46 bits per heavy atom. The van der Waals surface area contributed by atoms with Crippen LogP contribution in [0.5, 0.6) is 0 Å². The summed E-state index contributed by atoms with van der Waals surface area (Å²) in [7, 11) is 1.40. The van der Waals surface area contributed by atoms with E-state index in [9.17, 15) is 9.90 Å². The molecule has 0 aromatic carbocycles. The highest BCUT2D eigenvalue weighted by molar-refractivity contribution is 7.99. The average Bonchev–Trinajstić information content (AvgIpc) is 2.16. The van der Waals surface area contributed by atoms with Crippen LogP contribution in [-0.2, 0) is 9.53 Å². The largest absolute Gasteiger partial charge is 0.469 e. The maximum Gasteiger partial charge on any atom is 0.305 e. The third-order valence-electron chi connectivity index (χ3n) is 2.41. The van der Waals surface area contributed by atoms with Gasteiger partial charge in [-0.1, -0.05) is 0 Å². The zero-order valence-electron chi connectivity index (χ0n) is 7.86. The maximum atomic E-state index is 10.9. The summed E-state index contributed by atoms with van der Waals surface area (Å²) in [5.41, 5.74) is 0. The summed E-state index contributed by atoms with van der Waals surface area (Å²) in [6, 6.07) is 0. The van der Waals surface area contributed by atoms with E-state index in [1.54, 1.807) is 11.8 Å². The van der Waals surface area contributed by atoms with Crippen molar-refractivity contribution in [1.29, 1.82) is 0 Å². The van der Waals surface area contributed by atoms with Gasteiger partial charge in [-0.15, -0.1) is 0 Å². The van der Waals surface area contributed by atoms with Crippen LogP contribution in [0.2, 0.25) is 0 Å².